The molecule has 4 nitrogen and oxygen atoms in total. The summed E-state index contributed by atoms with van der Waals surface area (Å²) in [5.41, 5.74) is 5.94. The molecule has 2 aliphatic carbocycles. The number of nitrogens with one attached hydrogen (secondary N) is 1. The van der Waals surface area contributed by atoms with E-state index < -0.39 is 0 Å². The minimum absolute atomic E-state index is 0. The zero-order valence-corrected chi connectivity index (χ0v) is 16.0. The van der Waals surface area contributed by atoms with Gasteiger partial charge in [0.05, 0.1) is 5.41 Å². The number of piperidine rings is 1. The second-order valence-electron chi connectivity index (χ2n) is 8.21. The Kier molecular flexibility index (Phi) is 7.39. The monoisotopic (exact) mass is 357 g/mol. The van der Waals surface area contributed by atoms with Gasteiger partial charge in [-0.15, -0.1) is 12.4 Å². The van der Waals surface area contributed by atoms with Crippen molar-refractivity contribution in [2.75, 3.05) is 26.2 Å². The molecule has 1 aliphatic heterocycles. The van der Waals surface area contributed by atoms with Gasteiger partial charge in [0.25, 0.3) is 0 Å². The molecule has 0 unspecified atom stereocenters. The highest BCUT2D eigenvalue weighted by atomic mass is 35.5. The van der Waals surface area contributed by atoms with E-state index in [2.05, 4.69) is 10.2 Å². The molecule has 0 bridgehead atoms. The van der Waals surface area contributed by atoms with Gasteiger partial charge in [0, 0.05) is 18.6 Å². The Labute approximate surface area is 153 Å². The highest BCUT2D eigenvalue weighted by molar-refractivity contribution is 5.85. The number of hydrogen-bond donors (Lipinski definition) is 2. The van der Waals surface area contributed by atoms with E-state index in [1.54, 1.807) is 0 Å². The lowest BCUT2D eigenvalue weighted by Gasteiger charge is -2.48. The molecule has 0 aromatic carbocycles. The van der Waals surface area contributed by atoms with Crippen LogP contribution in [0.1, 0.15) is 77.0 Å². The topological polar surface area (TPSA) is 58.4 Å². The molecule has 0 spiro atoms. The van der Waals surface area contributed by atoms with Crippen molar-refractivity contribution in [2.45, 2.75) is 82.6 Å². The van der Waals surface area contributed by atoms with Gasteiger partial charge in [-0.25, -0.2) is 0 Å². The number of carbonyl (C=O) groups excluding carboxylic acids is 1. The van der Waals surface area contributed by atoms with Gasteiger partial charge in [-0.05, 0) is 51.6 Å². The third-order valence-electron chi connectivity index (χ3n) is 6.82. The lowest BCUT2D eigenvalue weighted by Crippen LogP contribution is -2.59. The van der Waals surface area contributed by atoms with Crippen LogP contribution < -0.4 is 11.1 Å². The maximum atomic E-state index is 12.9. The molecule has 1 amide bonds. The van der Waals surface area contributed by atoms with E-state index in [1.165, 1.54) is 64.5 Å². The molecule has 5 heteroatoms. The fourth-order valence-corrected chi connectivity index (χ4v) is 5.19. The number of hydrogen-bond acceptors (Lipinski definition) is 3. The number of halogens is 1. The first-order chi connectivity index (χ1) is 11.2. The Balaban J connectivity index is 0.00000208. The summed E-state index contributed by atoms with van der Waals surface area (Å²) in [7, 11) is 0. The fourth-order valence-electron chi connectivity index (χ4n) is 5.19. The van der Waals surface area contributed by atoms with Crippen molar-refractivity contribution in [3.8, 4) is 0 Å². The molecule has 1 saturated heterocycles. The van der Waals surface area contributed by atoms with E-state index in [1.807, 2.05) is 0 Å². The van der Waals surface area contributed by atoms with Crippen molar-refractivity contribution in [1.29, 1.82) is 0 Å². The van der Waals surface area contributed by atoms with Crippen LogP contribution in [0.3, 0.4) is 0 Å². The summed E-state index contributed by atoms with van der Waals surface area (Å²) in [6, 6.07) is 0. The molecule has 2 saturated carbocycles. The fraction of sp³-hybridized carbons (Fsp3) is 0.947. The second kappa shape index (κ2) is 8.86. The summed E-state index contributed by atoms with van der Waals surface area (Å²) in [5.74, 6) is 0.236. The van der Waals surface area contributed by atoms with Gasteiger partial charge in [0.2, 0.25) is 5.91 Å². The standard InChI is InChI=1S/C19H35N3O.ClH/c20-15-18(9-5-6-10-18)17(23)21-16-19(11-3-1-4-12-19)22-13-7-2-8-14-22;/h1-16,20H2,(H,21,23);1H. The molecule has 3 N–H and O–H groups in total. The van der Waals surface area contributed by atoms with Crippen LogP contribution in [-0.2, 0) is 4.79 Å². The number of carbonyl (C=O) groups is 1. The minimum atomic E-state index is -0.266. The van der Waals surface area contributed by atoms with Crippen molar-refractivity contribution in [1.82, 2.24) is 10.2 Å². The van der Waals surface area contributed by atoms with E-state index in [-0.39, 0.29) is 29.3 Å². The lowest BCUT2D eigenvalue weighted by atomic mass is 9.78. The van der Waals surface area contributed by atoms with Crippen molar-refractivity contribution >= 4 is 18.3 Å². The maximum Gasteiger partial charge on any atom is 0.227 e. The smallest absolute Gasteiger partial charge is 0.227 e. The van der Waals surface area contributed by atoms with E-state index in [4.69, 9.17) is 5.73 Å². The van der Waals surface area contributed by atoms with Gasteiger partial charge in [-0.2, -0.15) is 0 Å². The van der Waals surface area contributed by atoms with E-state index >= 15 is 0 Å². The van der Waals surface area contributed by atoms with Gasteiger partial charge >= 0.3 is 0 Å². The van der Waals surface area contributed by atoms with E-state index in [0.717, 1.165) is 32.2 Å². The van der Waals surface area contributed by atoms with Crippen LogP contribution in [0.5, 0.6) is 0 Å². The van der Waals surface area contributed by atoms with Gasteiger partial charge in [-0.3, -0.25) is 9.69 Å². The van der Waals surface area contributed by atoms with Crippen LogP contribution in [0.2, 0.25) is 0 Å². The van der Waals surface area contributed by atoms with Crippen molar-refractivity contribution in [2.24, 2.45) is 11.1 Å². The predicted molar refractivity (Wildman–Crippen MR) is 101 cm³/mol. The Bertz CT molecular complexity index is 397. The second-order valence-corrected chi connectivity index (χ2v) is 8.21. The normalized spacial score (nSPS) is 26.5. The predicted octanol–water partition coefficient (Wildman–Crippen LogP) is 3.23. The zero-order chi connectivity index (χ0) is 16.2. The quantitative estimate of drug-likeness (QED) is 0.794. The van der Waals surface area contributed by atoms with Crippen LogP contribution in [0, 0.1) is 5.41 Å². The van der Waals surface area contributed by atoms with Gasteiger partial charge < -0.3 is 11.1 Å². The molecule has 3 rings (SSSR count). The maximum absolute atomic E-state index is 12.9. The van der Waals surface area contributed by atoms with Gasteiger partial charge in [0.1, 0.15) is 0 Å². The van der Waals surface area contributed by atoms with Crippen molar-refractivity contribution < 1.29 is 4.79 Å². The summed E-state index contributed by atoms with van der Waals surface area (Å²) in [6.07, 6.45) is 14.8. The summed E-state index contributed by atoms with van der Waals surface area (Å²) in [4.78, 5) is 15.6. The molecule has 0 radical (unpaired) electrons. The highest BCUT2D eigenvalue weighted by Crippen LogP contribution is 2.39. The third-order valence-corrected chi connectivity index (χ3v) is 6.82. The molecular weight excluding hydrogens is 322 g/mol. The van der Waals surface area contributed by atoms with Gasteiger partial charge in [0.15, 0.2) is 0 Å². The molecule has 0 aromatic heterocycles. The number of likely N-dealkylation sites (tertiary alicyclic amines) is 1. The third kappa shape index (κ3) is 4.08. The lowest BCUT2D eigenvalue weighted by molar-refractivity contribution is -0.131. The summed E-state index contributed by atoms with van der Waals surface area (Å²) < 4.78 is 0. The van der Waals surface area contributed by atoms with Crippen LogP contribution in [0.4, 0.5) is 0 Å². The Morgan fingerprint density at radius 2 is 1.42 bits per heavy atom. The first kappa shape index (κ1) is 20.0. The summed E-state index contributed by atoms with van der Waals surface area (Å²) in [5, 5.41) is 3.36. The molecule has 0 atom stereocenters. The largest absolute Gasteiger partial charge is 0.354 e. The number of rotatable bonds is 5. The zero-order valence-electron chi connectivity index (χ0n) is 15.2. The van der Waals surface area contributed by atoms with Crippen molar-refractivity contribution in [3.63, 3.8) is 0 Å². The Hall–Kier alpha value is -0.320. The Morgan fingerprint density at radius 1 is 0.875 bits per heavy atom. The molecule has 0 aromatic rings. The number of nitrogens with two attached hydrogens (primary N) is 1. The average molecular weight is 358 g/mol. The van der Waals surface area contributed by atoms with Crippen LogP contribution in [-0.4, -0.2) is 42.5 Å². The summed E-state index contributed by atoms with van der Waals surface area (Å²) in [6.45, 7) is 3.79. The molecule has 3 aliphatic rings. The van der Waals surface area contributed by atoms with Crippen molar-refractivity contribution in [3.05, 3.63) is 0 Å². The Morgan fingerprint density at radius 3 is 2.00 bits per heavy atom. The highest BCUT2D eigenvalue weighted by Gasteiger charge is 2.43. The SMILES string of the molecule is Cl.NCC1(C(=O)NCC2(N3CCCCC3)CCCCC2)CCCC1. The van der Waals surface area contributed by atoms with Crippen LogP contribution >= 0.6 is 12.4 Å². The number of amides is 1. The first-order valence-electron chi connectivity index (χ1n) is 9.94. The van der Waals surface area contributed by atoms with Crippen LogP contribution in [0.25, 0.3) is 0 Å². The average Bonchev–Trinajstić information content (AvgIpc) is 3.12. The van der Waals surface area contributed by atoms with Crippen LogP contribution in [0.15, 0.2) is 0 Å². The summed E-state index contributed by atoms with van der Waals surface area (Å²) >= 11 is 0. The van der Waals surface area contributed by atoms with E-state index in [0.29, 0.717) is 6.54 Å². The molecule has 140 valence electrons. The molecule has 3 fully saturated rings. The molecular formula is C19H36ClN3O. The van der Waals surface area contributed by atoms with Gasteiger partial charge in [-0.1, -0.05) is 38.5 Å². The molecule has 1 heterocycles. The first-order valence-corrected chi connectivity index (χ1v) is 9.94. The number of nitrogens with zero attached hydrogens (tertiary/aromatic N) is 1. The van der Waals surface area contributed by atoms with E-state index in [9.17, 15) is 4.79 Å². The molecule has 24 heavy (non-hydrogen) atoms. The minimum Gasteiger partial charge on any atom is -0.354 e.